The van der Waals surface area contributed by atoms with Crippen LogP contribution < -0.4 is 4.90 Å². The Morgan fingerprint density at radius 2 is 1.90 bits per heavy atom. The predicted octanol–water partition coefficient (Wildman–Crippen LogP) is 4.85. The third-order valence-corrected chi connectivity index (χ3v) is 3.87. The molecule has 21 heavy (non-hydrogen) atoms. The molecule has 0 N–H and O–H groups in total. The summed E-state index contributed by atoms with van der Waals surface area (Å²) in [5, 5.41) is 1.25. The van der Waals surface area contributed by atoms with E-state index < -0.39 is 0 Å². The summed E-state index contributed by atoms with van der Waals surface area (Å²) in [6.07, 6.45) is 0. The van der Waals surface area contributed by atoms with Gasteiger partial charge in [-0.1, -0.05) is 49.2 Å². The molecule has 2 rings (SSSR count). The predicted molar refractivity (Wildman–Crippen MR) is 89.4 cm³/mol. The Balaban J connectivity index is 2.32. The second-order valence-corrected chi connectivity index (χ2v) is 6.26. The average Bonchev–Trinajstić information content (AvgIpc) is 2.41. The van der Waals surface area contributed by atoms with Crippen LogP contribution in [0.1, 0.15) is 36.7 Å². The SMILES string of the molecule is Cc1c(Cl)nc(C(C)C)nc1N(C)Cc1cccc(Cl)c1. The van der Waals surface area contributed by atoms with Crippen molar-refractivity contribution in [3.8, 4) is 0 Å². The van der Waals surface area contributed by atoms with Crippen molar-refractivity contribution >= 4 is 29.0 Å². The number of nitrogens with zero attached hydrogens (tertiary/aromatic N) is 3. The van der Waals surface area contributed by atoms with Gasteiger partial charge in [0.2, 0.25) is 0 Å². The second-order valence-electron chi connectivity index (χ2n) is 5.46. The van der Waals surface area contributed by atoms with Crippen LogP contribution in [0.3, 0.4) is 0 Å². The molecular weight excluding hydrogens is 305 g/mol. The summed E-state index contributed by atoms with van der Waals surface area (Å²) in [4.78, 5) is 11.1. The highest BCUT2D eigenvalue weighted by molar-refractivity contribution is 6.30. The van der Waals surface area contributed by atoms with Crippen LogP contribution in [-0.4, -0.2) is 17.0 Å². The van der Waals surface area contributed by atoms with Gasteiger partial charge in [-0.3, -0.25) is 0 Å². The molecule has 112 valence electrons. The van der Waals surface area contributed by atoms with Gasteiger partial charge >= 0.3 is 0 Å². The summed E-state index contributed by atoms with van der Waals surface area (Å²) in [6, 6.07) is 7.82. The molecule has 0 spiro atoms. The maximum absolute atomic E-state index is 6.24. The molecule has 0 radical (unpaired) electrons. The first-order chi connectivity index (χ1) is 9.88. The summed E-state index contributed by atoms with van der Waals surface area (Å²) in [7, 11) is 2.00. The lowest BCUT2D eigenvalue weighted by atomic mass is 10.2. The van der Waals surface area contributed by atoms with Gasteiger partial charge in [-0.25, -0.2) is 9.97 Å². The van der Waals surface area contributed by atoms with Gasteiger partial charge in [-0.2, -0.15) is 0 Å². The van der Waals surface area contributed by atoms with Crippen molar-refractivity contribution in [3.63, 3.8) is 0 Å². The molecule has 0 fully saturated rings. The Hall–Kier alpha value is -1.32. The maximum atomic E-state index is 6.24. The van der Waals surface area contributed by atoms with Gasteiger partial charge in [0.05, 0.1) is 0 Å². The largest absolute Gasteiger partial charge is 0.355 e. The molecule has 0 aliphatic heterocycles. The molecule has 1 aromatic carbocycles. The van der Waals surface area contributed by atoms with Crippen molar-refractivity contribution in [1.82, 2.24) is 9.97 Å². The van der Waals surface area contributed by atoms with Crippen molar-refractivity contribution in [3.05, 3.63) is 51.4 Å². The van der Waals surface area contributed by atoms with E-state index >= 15 is 0 Å². The van der Waals surface area contributed by atoms with Crippen LogP contribution in [0.25, 0.3) is 0 Å². The summed E-state index contributed by atoms with van der Waals surface area (Å²) in [6.45, 7) is 6.77. The number of hydrogen-bond donors (Lipinski definition) is 0. The fourth-order valence-electron chi connectivity index (χ4n) is 2.11. The van der Waals surface area contributed by atoms with E-state index in [4.69, 9.17) is 23.2 Å². The zero-order valence-electron chi connectivity index (χ0n) is 12.7. The third-order valence-electron chi connectivity index (χ3n) is 3.26. The highest BCUT2D eigenvalue weighted by atomic mass is 35.5. The number of aromatic nitrogens is 2. The molecule has 0 aliphatic rings. The quantitative estimate of drug-likeness (QED) is 0.753. The first-order valence-electron chi connectivity index (χ1n) is 6.88. The van der Waals surface area contributed by atoms with Gasteiger partial charge in [0.15, 0.2) is 0 Å². The lowest BCUT2D eigenvalue weighted by Gasteiger charge is -2.22. The van der Waals surface area contributed by atoms with Crippen LogP contribution in [0.5, 0.6) is 0 Å². The number of halogens is 2. The fourth-order valence-corrected chi connectivity index (χ4v) is 2.49. The molecular formula is C16H19Cl2N3. The Labute approximate surface area is 135 Å². The lowest BCUT2D eigenvalue weighted by Crippen LogP contribution is -2.20. The normalized spacial score (nSPS) is 11.0. The molecule has 0 unspecified atom stereocenters. The Kier molecular flexibility index (Phi) is 5.07. The molecule has 0 amide bonds. The summed E-state index contributed by atoms with van der Waals surface area (Å²) < 4.78 is 0. The van der Waals surface area contributed by atoms with Gasteiger partial charge in [0.25, 0.3) is 0 Å². The van der Waals surface area contributed by atoms with E-state index in [0.717, 1.165) is 27.8 Å². The van der Waals surface area contributed by atoms with E-state index in [1.54, 1.807) is 0 Å². The first kappa shape index (κ1) is 16.1. The molecule has 1 aromatic heterocycles. The highest BCUT2D eigenvalue weighted by Gasteiger charge is 2.15. The molecule has 0 atom stereocenters. The fraction of sp³-hybridized carbons (Fsp3) is 0.375. The highest BCUT2D eigenvalue weighted by Crippen LogP contribution is 2.26. The van der Waals surface area contributed by atoms with Crippen LogP contribution >= 0.6 is 23.2 Å². The van der Waals surface area contributed by atoms with Crippen LogP contribution in [0.2, 0.25) is 10.2 Å². The maximum Gasteiger partial charge on any atom is 0.137 e. The van der Waals surface area contributed by atoms with E-state index in [-0.39, 0.29) is 5.92 Å². The molecule has 0 saturated carbocycles. The van der Waals surface area contributed by atoms with Crippen molar-refractivity contribution in [2.75, 3.05) is 11.9 Å². The number of benzene rings is 1. The zero-order chi connectivity index (χ0) is 15.6. The summed E-state index contributed by atoms with van der Waals surface area (Å²) in [5.74, 6) is 1.86. The molecule has 0 aliphatic carbocycles. The van der Waals surface area contributed by atoms with E-state index in [0.29, 0.717) is 11.7 Å². The Morgan fingerprint density at radius 1 is 1.19 bits per heavy atom. The van der Waals surface area contributed by atoms with Crippen molar-refractivity contribution < 1.29 is 0 Å². The van der Waals surface area contributed by atoms with Crippen LogP contribution in [0.4, 0.5) is 5.82 Å². The first-order valence-corrected chi connectivity index (χ1v) is 7.63. The van der Waals surface area contributed by atoms with Crippen LogP contribution in [-0.2, 0) is 6.54 Å². The van der Waals surface area contributed by atoms with Crippen molar-refractivity contribution in [2.24, 2.45) is 0 Å². The zero-order valence-corrected chi connectivity index (χ0v) is 14.2. The minimum Gasteiger partial charge on any atom is -0.355 e. The smallest absolute Gasteiger partial charge is 0.137 e. The van der Waals surface area contributed by atoms with Gasteiger partial charge in [-0.15, -0.1) is 0 Å². The third kappa shape index (κ3) is 3.86. The molecule has 0 saturated heterocycles. The molecule has 5 heteroatoms. The monoisotopic (exact) mass is 323 g/mol. The standard InChI is InChI=1S/C16H19Cl2N3/c1-10(2)15-19-14(18)11(3)16(20-15)21(4)9-12-6-5-7-13(17)8-12/h5-8,10H,9H2,1-4H3. The minimum absolute atomic E-state index is 0.237. The van der Waals surface area contributed by atoms with Crippen LogP contribution in [0, 0.1) is 6.92 Å². The van der Waals surface area contributed by atoms with Gasteiger partial charge in [-0.05, 0) is 24.6 Å². The van der Waals surface area contributed by atoms with Gasteiger partial charge < -0.3 is 4.90 Å². The summed E-state index contributed by atoms with van der Waals surface area (Å²) >= 11 is 12.3. The van der Waals surface area contributed by atoms with Crippen LogP contribution in [0.15, 0.2) is 24.3 Å². The molecule has 0 bridgehead atoms. The minimum atomic E-state index is 0.237. The topological polar surface area (TPSA) is 29.0 Å². The lowest BCUT2D eigenvalue weighted by molar-refractivity contribution is 0.758. The van der Waals surface area contributed by atoms with E-state index in [2.05, 4.69) is 28.7 Å². The van der Waals surface area contributed by atoms with Gasteiger partial charge in [0.1, 0.15) is 16.8 Å². The van der Waals surface area contributed by atoms with Crippen molar-refractivity contribution in [2.45, 2.75) is 33.2 Å². The average molecular weight is 324 g/mol. The van der Waals surface area contributed by atoms with E-state index in [1.807, 2.05) is 38.2 Å². The Morgan fingerprint density at radius 3 is 2.52 bits per heavy atom. The molecule has 1 heterocycles. The van der Waals surface area contributed by atoms with E-state index in [9.17, 15) is 0 Å². The Bertz CT molecular complexity index is 641. The number of rotatable bonds is 4. The van der Waals surface area contributed by atoms with E-state index in [1.165, 1.54) is 0 Å². The van der Waals surface area contributed by atoms with Crippen molar-refractivity contribution in [1.29, 1.82) is 0 Å². The second kappa shape index (κ2) is 6.63. The summed E-state index contributed by atoms with van der Waals surface area (Å²) in [5.41, 5.74) is 2.02. The number of hydrogen-bond acceptors (Lipinski definition) is 3. The molecule has 2 aromatic rings. The van der Waals surface area contributed by atoms with Gasteiger partial charge in [0, 0.05) is 30.1 Å². The molecule has 3 nitrogen and oxygen atoms in total. The number of anilines is 1.